The molecule has 38 heavy (non-hydrogen) atoms. The van der Waals surface area contributed by atoms with Crippen molar-refractivity contribution in [3.05, 3.63) is 96.1 Å². The van der Waals surface area contributed by atoms with E-state index in [-0.39, 0.29) is 12.5 Å². The summed E-state index contributed by atoms with van der Waals surface area (Å²) in [4.78, 5) is 26.5. The highest BCUT2D eigenvalue weighted by Crippen LogP contribution is 2.24. The average molecular weight is 519 g/mol. The van der Waals surface area contributed by atoms with Crippen molar-refractivity contribution in [1.82, 2.24) is 10.2 Å². The van der Waals surface area contributed by atoms with Crippen molar-refractivity contribution in [2.45, 2.75) is 51.7 Å². The lowest BCUT2D eigenvalue weighted by molar-refractivity contribution is -0.153. The van der Waals surface area contributed by atoms with Gasteiger partial charge in [0.1, 0.15) is 11.5 Å². The molecule has 7 heteroatoms. The van der Waals surface area contributed by atoms with Gasteiger partial charge in [-0.15, -0.1) is 0 Å². The summed E-state index contributed by atoms with van der Waals surface area (Å²) in [5, 5.41) is 12.8. The maximum Gasteiger partial charge on any atom is 0.348 e. The number of unbranched alkanes of at least 4 members (excludes halogenated alkanes) is 1. The zero-order valence-corrected chi connectivity index (χ0v) is 22.3. The van der Waals surface area contributed by atoms with Crippen LogP contribution >= 0.6 is 0 Å². The smallest absolute Gasteiger partial charge is 0.348 e. The highest BCUT2D eigenvalue weighted by atomic mass is 16.5. The molecule has 1 atom stereocenters. The first-order chi connectivity index (χ1) is 18.4. The molecule has 3 rings (SSSR count). The SMILES string of the molecule is CCCCNC(=O)N(CCCOc1ccc(CC(C)(Oc2ccccc2)C(=O)O)cc1)Cc1ccccc1. The summed E-state index contributed by atoms with van der Waals surface area (Å²) in [7, 11) is 0. The Morgan fingerprint density at radius 2 is 1.53 bits per heavy atom. The van der Waals surface area contributed by atoms with Crippen molar-refractivity contribution in [2.24, 2.45) is 0 Å². The molecule has 3 aromatic rings. The molecule has 0 aliphatic heterocycles. The first kappa shape index (κ1) is 28.6. The van der Waals surface area contributed by atoms with Crippen LogP contribution in [0.25, 0.3) is 0 Å². The number of hydrogen-bond acceptors (Lipinski definition) is 4. The minimum Gasteiger partial charge on any atom is -0.494 e. The van der Waals surface area contributed by atoms with Crippen molar-refractivity contribution < 1.29 is 24.2 Å². The number of rotatable bonds is 15. The van der Waals surface area contributed by atoms with Crippen molar-refractivity contribution >= 4 is 12.0 Å². The van der Waals surface area contributed by atoms with Crippen LogP contribution in [0.5, 0.6) is 11.5 Å². The molecule has 2 N–H and O–H groups in total. The Morgan fingerprint density at radius 1 is 0.868 bits per heavy atom. The van der Waals surface area contributed by atoms with Gasteiger partial charge in [0, 0.05) is 26.1 Å². The van der Waals surface area contributed by atoms with Gasteiger partial charge in [0.15, 0.2) is 0 Å². The molecule has 0 aliphatic carbocycles. The zero-order chi connectivity index (χ0) is 27.2. The molecule has 0 spiro atoms. The molecule has 202 valence electrons. The van der Waals surface area contributed by atoms with Gasteiger partial charge in [0.2, 0.25) is 5.60 Å². The topological polar surface area (TPSA) is 88.1 Å². The quantitative estimate of drug-likeness (QED) is 0.243. The van der Waals surface area contributed by atoms with Gasteiger partial charge in [0.05, 0.1) is 6.61 Å². The van der Waals surface area contributed by atoms with E-state index in [1.165, 1.54) is 0 Å². The number of carbonyl (C=O) groups excluding carboxylic acids is 1. The Hall–Kier alpha value is -4.00. The fourth-order valence-electron chi connectivity index (χ4n) is 3.98. The third-order valence-corrected chi connectivity index (χ3v) is 6.15. The number of amides is 2. The normalized spacial score (nSPS) is 12.3. The highest BCUT2D eigenvalue weighted by Gasteiger charge is 2.36. The van der Waals surface area contributed by atoms with E-state index in [4.69, 9.17) is 9.47 Å². The molecule has 2 amide bonds. The number of carboxylic acids is 1. The fraction of sp³-hybridized carbons (Fsp3) is 0.355. The Morgan fingerprint density at radius 3 is 2.16 bits per heavy atom. The number of nitrogens with zero attached hydrogens (tertiary/aromatic N) is 1. The van der Waals surface area contributed by atoms with E-state index >= 15 is 0 Å². The summed E-state index contributed by atoms with van der Waals surface area (Å²) in [6.45, 7) is 5.91. The van der Waals surface area contributed by atoms with Gasteiger partial charge in [0.25, 0.3) is 0 Å². The number of para-hydroxylation sites is 1. The van der Waals surface area contributed by atoms with Crippen LogP contribution in [-0.2, 0) is 17.8 Å². The van der Waals surface area contributed by atoms with Gasteiger partial charge in [-0.2, -0.15) is 0 Å². The summed E-state index contributed by atoms with van der Waals surface area (Å²) in [6.07, 6.45) is 2.87. The predicted molar refractivity (Wildman–Crippen MR) is 149 cm³/mol. The van der Waals surface area contributed by atoms with Gasteiger partial charge < -0.3 is 24.8 Å². The van der Waals surface area contributed by atoms with Gasteiger partial charge >= 0.3 is 12.0 Å². The molecule has 0 saturated carbocycles. The minimum absolute atomic E-state index is 0.0640. The second kappa shape index (κ2) is 14.7. The van der Waals surface area contributed by atoms with E-state index < -0.39 is 11.6 Å². The minimum atomic E-state index is -1.40. The van der Waals surface area contributed by atoms with Crippen molar-refractivity contribution in [3.8, 4) is 11.5 Å². The maximum atomic E-state index is 12.7. The highest BCUT2D eigenvalue weighted by molar-refractivity contribution is 5.78. The van der Waals surface area contributed by atoms with Crippen LogP contribution in [0.4, 0.5) is 4.79 Å². The molecule has 0 aliphatic rings. The van der Waals surface area contributed by atoms with Gasteiger partial charge in [-0.3, -0.25) is 0 Å². The molecular weight excluding hydrogens is 480 g/mol. The summed E-state index contributed by atoms with van der Waals surface area (Å²) in [5.74, 6) is 0.176. The standard InChI is InChI=1S/C31H38N2O5/c1-3-4-20-32-30(36)33(24-26-12-7-5-8-13-26)21-11-22-37-27-18-16-25(17-19-27)23-31(2,29(34)35)38-28-14-9-6-10-15-28/h5-10,12-19H,3-4,11,20-24H2,1-2H3,(H,32,36)(H,34,35). The monoisotopic (exact) mass is 518 g/mol. The Labute approximate surface area is 225 Å². The number of benzene rings is 3. The number of urea groups is 1. The van der Waals surface area contributed by atoms with Crippen LogP contribution in [0.1, 0.15) is 44.2 Å². The fourth-order valence-corrected chi connectivity index (χ4v) is 3.98. The third kappa shape index (κ3) is 9.14. The molecule has 0 heterocycles. The van der Waals surface area contributed by atoms with Crippen molar-refractivity contribution in [3.63, 3.8) is 0 Å². The third-order valence-electron chi connectivity index (χ3n) is 6.15. The lowest BCUT2D eigenvalue weighted by Crippen LogP contribution is -2.43. The number of carboxylic acid groups (broad SMARTS) is 1. The molecule has 7 nitrogen and oxygen atoms in total. The van der Waals surface area contributed by atoms with E-state index in [2.05, 4.69) is 12.2 Å². The van der Waals surface area contributed by atoms with Crippen LogP contribution in [0.3, 0.4) is 0 Å². The maximum absolute atomic E-state index is 12.7. The van der Waals surface area contributed by atoms with Crippen molar-refractivity contribution in [2.75, 3.05) is 19.7 Å². The molecule has 0 aromatic heterocycles. The molecular formula is C31H38N2O5. The molecule has 0 fully saturated rings. The summed E-state index contributed by atoms with van der Waals surface area (Å²) in [5.41, 5.74) is 0.513. The van der Waals surface area contributed by atoms with E-state index in [0.717, 1.165) is 24.0 Å². The van der Waals surface area contributed by atoms with Gasteiger partial charge in [-0.05, 0) is 55.2 Å². The number of aliphatic carboxylic acids is 1. The lowest BCUT2D eigenvalue weighted by Gasteiger charge is -2.26. The van der Waals surface area contributed by atoms with Crippen LogP contribution in [-0.4, -0.2) is 47.3 Å². The Balaban J connectivity index is 1.51. The largest absolute Gasteiger partial charge is 0.494 e. The molecule has 1 unspecified atom stereocenters. The Kier molecular flexibility index (Phi) is 11.0. The van der Waals surface area contributed by atoms with Crippen molar-refractivity contribution in [1.29, 1.82) is 0 Å². The number of nitrogens with one attached hydrogen (secondary N) is 1. The van der Waals surface area contributed by atoms with E-state index in [1.54, 1.807) is 19.1 Å². The number of ether oxygens (including phenoxy) is 2. The first-order valence-corrected chi connectivity index (χ1v) is 13.2. The molecule has 0 saturated heterocycles. The van der Waals surface area contributed by atoms with Crippen LogP contribution in [0.2, 0.25) is 0 Å². The van der Waals surface area contributed by atoms with E-state index in [1.807, 2.05) is 77.7 Å². The van der Waals surface area contributed by atoms with Gasteiger partial charge in [-0.1, -0.05) is 74.0 Å². The van der Waals surface area contributed by atoms with E-state index in [0.29, 0.717) is 44.2 Å². The molecule has 0 bridgehead atoms. The molecule has 0 radical (unpaired) electrons. The molecule has 3 aromatic carbocycles. The first-order valence-electron chi connectivity index (χ1n) is 13.2. The van der Waals surface area contributed by atoms with Crippen LogP contribution in [0.15, 0.2) is 84.9 Å². The lowest BCUT2D eigenvalue weighted by atomic mass is 9.96. The van der Waals surface area contributed by atoms with Crippen LogP contribution < -0.4 is 14.8 Å². The summed E-state index contributed by atoms with van der Waals surface area (Å²) >= 11 is 0. The second-order valence-electron chi connectivity index (χ2n) is 9.47. The predicted octanol–water partition coefficient (Wildman–Crippen LogP) is 5.93. The summed E-state index contributed by atoms with van der Waals surface area (Å²) in [6, 6.07) is 26.2. The van der Waals surface area contributed by atoms with Crippen LogP contribution in [0, 0.1) is 0 Å². The van der Waals surface area contributed by atoms with E-state index in [9.17, 15) is 14.7 Å². The second-order valence-corrected chi connectivity index (χ2v) is 9.47. The Bertz CT molecular complexity index is 1120. The summed E-state index contributed by atoms with van der Waals surface area (Å²) < 4.78 is 11.7. The van der Waals surface area contributed by atoms with Gasteiger partial charge in [-0.25, -0.2) is 9.59 Å². The average Bonchev–Trinajstić information content (AvgIpc) is 2.92. The number of hydrogen-bond donors (Lipinski definition) is 2. The number of carbonyl (C=O) groups is 2. The zero-order valence-electron chi connectivity index (χ0n) is 22.3.